The average Bonchev–Trinajstić information content (AvgIpc) is 0.709. The summed E-state index contributed by atoms with van der Waals surface area (Å²) < 4.78 is 160. The zero-order valence-electron chi connectivity index (χ0n) is 84.5. The number of nitrogen functional groups attached to an aromatic ring is 1. The fourth-order valence-corrected chi connectivity index (χ4v) is 42.8. The van der Waals surface area contributed by atoms with Crippen LogP contribution in [0.15, 0.2) is 87.6 Å². The number of aromatic nitrogens is 4. The van der Waals surface area contributed by atoms with E-state index in [1.165, 1.54) is 24.3 Å². The molecular formula is C96H146Br3F4N13O12S4Si2. The van der Waals surface area contributed by atoms with Crippen LogP contribution in [-0.2, 0) is 99.2 Å². The summed E-state index contributed by atoms with van der Waals surface area (Å²) in [6, 6.07) is 14.6. The van der Waals surface area contributed by atoms with E-state index >= 15 is 8.78 Å². The van der Waals surface area contributed by atoms with Crippen LogP contribution in [0.1, 0.15) is 308 Å². The molecule has 8 aliphatic heterocycles. The number of fused-ring (bicyclic) bond motifs is 4. The van der Waals surface area contributed by atoms with Crippen molar-refractivity contribution in [2.45, 2.75) is 406 Å². The minimum Gasteiger partial charge on any atom is -0.460 e. The van der Waals surface area contributed by atoms with E-state index in [4.69, 9.17) is 53.4 Å². The molecular weight excluding hydrogens is 2030 g/mol. The Kier molecular flexibility index (Phi) is 33.8. The van der Waals surface area contributed by atoms with Crippen molar-refractivity contribution < 1.29 is 72.5 Å². The number of hydrogen-bond donors (Lipinski definition) is 1. The van der Waals surface area contributed by atoms with Crippen molar-refractivity contribution in [3.63, 3.8) is 0 Å². The Morgan fingerprint density at radius 2 is 0.597 bits per heavy atom. The van der Waals surface area contributed by atoms with Crippen LogP contribution in [0.5, 0.6) is 0 Å². The first-order valence-corrected chi connectivity index (χ1v) is 61.0. The highest BCUT2D eigenvalue weighted by Crippen LogP contribution is 2.54. The number of aliphatic imine (C=N–C) groups is 4. The van der Waals surface area contributed by atoms with E-state index < -0.39 is 175 Å². The Labute approximate surface area is 822 Å². The van der Waals surface area contributed by atoms with Crippen LogP contribution in [-0.4, -0.2) is 188 Å². The molecule has 0 radical (unpaired) electrons. The fourth-order valence-electron chi connectivity index (χ4n) is 20.5. The van der Waals surface area contributed by atoms with Crippen molar-refractivity contribution in [1.29, 1.82) is 0 Å². The molecule has 1 unspecified atom stereocenters. The lowest BCUT2D eigenvalue weighted by molar-refractivity contribution is -0.154. The Morgan fingerprint density at radius 1 is 0.373 bits per heavy atom. The van der Waals surface area contributed by atoms with Gasteiger partial charge < -0.3 is 24.7 Å². The standard InChI is InChI=1S/2C27H43BrFN3O3SSi.C21H29BrFN3O3S.C21H31FN4O3S/c2*1-10-37(11-2,12-3)18-16-21(28)31-24(23(18)29)27(9)20-14-13-15-30-36(20,34)26(7,8)19(32-27)17-22(33)35-25(4,5)6;1-19(2,3)29-17(27)12-14-20(4,5)30(28)15(8-7-11-24-30)21(6,26-14)18-13(23)9-10-16(22)25-18;1-19(2,3)29-17(27)12-14-20(4,5)30(28)15(8-7-11-24-30)21(6,26-14)18-13(22)9-10-16(23)25-18/h2*16,20H,10-15,17H2,1-9H3;9-10,15H,7-8,11-12H2,1-6H3;9-10,15H,7-8,11-12H2,1-6H3,(H2,23,25)/t20?,27-,36-;20-,27-,36-;2*15-,21+,30+/m0011/s1. The third-order valence-electron chi connectivity index (χ3n) is 28.4. The summed E-state index contributed by atoms with van der Waals surface area (Å²) in [5, 5.41) is -0.600. The molecule has 0 aliphatic carbocycles. The molecule has 12 heterocycles. The van der Waals surface area contributed by atoms with Gasteiger partial charge in [-0.25, -0.2) is 71.8 Å². The van der Waals surface area contributed by atoms with Crippen molar-refractivity contribution >= 4 is 166 Å². The lowest BCUT2D eigenvalue weighted by Gasteiger charge is -2.49. The SMILES string of the molecule is CC(C)(C)OC(=O)CC1=N[C@](C)(c2nc(Br)ccc2F)[C@H]2CCCN=[S@@]2(=O)C1(C)C.CC(C)(C)OC(=O)CC1=N[C@](C)(c2nc(N)ccc2F)[C@H]2CCCN=[S@@]2(=O)C1(C)C.CC[Si](CC)(CC)c1cc(Br)nc([C@@]2(C)N=C(CC(=O)OC(C)(C)C)C(C)(C)[S@]3(=O)=NCCCC23)c1F.CC[Si](CC)(CC)c1cc(Br)nc([C@@]2(C)N=C(CC(=O)OC(C)(C)C)C(C)(C)[S@]3(=O)=NCCC[C@@H]23)c1F. The van der Waals surface area contributed by atoms with Gasteiger partial charge in [0.2, 0.25) is 0 Å². The second kappa shape index (κ2) is 40.4. The molecule has 0 fully saturated rings. The number of carbonyl (C=O) groups is 4. The minimum atomic E-state index is -2.92. The number of ether oxygens (including phenoxy) is 4. The maximum absolute atomic E-state index is 16.7. The minimum absolute atomic E-state index is 0.0366. The zero-order valence-corrected chi connectivity index (χ0v) is 94.5. The number of nitrogens with two attached hydrogens (primary N) is 1. The summed E-state index contributed by atoms with van der Waals surface area (Å²) in [6.07, 6.45) is 4.83. The number of pyridine rings is 4. The van der Waals surface area contributed by atoms with Gasteiger partial charge in [0.25, 0.3) is 0 Å². The first-order chi connectivity index (χ1) is 61.4. The highest BCUT2D eigenvalue weighted by atomic mass is 79.9. The molecule has 12 atom stereocenters. The molecule has 12 rings (SSSR count). The van der Waals surface area contributed by atoms with Crippen LogP contribution in [0.4, 0.5) is 23.4 Å². The third-order valence-corrected chi connectivity index (χ3v) is 55.7. The number of carbonyl (C=O) groups excluding carboxylic acids is 4. The zero-order chi connectivity index (χ0) is 101. The summed E-state index contributed by atoms with van der Waals surface area (Å²) in [7, 11) is -15.9. The molecule has 38 heteroatoms. The second-order valence-electron chi connectivity index (χ2n) is 43.2. The first kappa shape index (κ1) is 112. The summed E-state index contributed by atoms with van der Waals surface area (Å²) in [5.74, 6) is -3.45. The first-order valence-electron chi connectivity index (χ1n) is 47.0. The monoisotopic (exact) mass is 2170 g/mol. The van der Waals surface area contributed by atoms with Crippen LogP contribution in [0, 0.1) is 23.3 Å². The van der Waals surface area contributed by atoms with Crippen molar-refractivity contribution in [3.05, 3.63) is 96.3 Å². The number of anilines is 1. The predicted molar refractivity (Wildman–Crippen MR) is 549 cm³/mol. The van der Waals surface area contributed by atoms with Gasteiger partial charge in [0.15, 0.2) is 0 Å². The maximum atomic E-state index is 16.7. The number of hydrogen-bond acceptors (Lipinski definition) is 25. The van der Waals surface area contributed by atoms with Crippen LogP contribution in [0.2, 0.25) is 36.3 Å². The van der Waals surface area contributed by atoms with Gasteiger partial charge in [0, 0.05) is 49.0 Å². The fraction of sp³-hybridized carbons (Fsp3) is 0.708. The van der Waals surface area contributed by atoms with Gasteiger partial charge in [-0.15, -0.1) is 0 Å². The molecule has 748 valence electrons. The molecule has 4 aromatic heterocycles. The van der Waals surface area contributed by atoms with Crippen LogP contribution >= 0.6 is 47.8 Å². The van der Waals surface area contributed by atoms with Gasteiger partial charge in [-0.05, 0) is 312 Å². The highest BCUT2D eigenvalue weighted by molar-refractivity contribution is 9.11. The topological polar surface area (TPSA) is 350 Å². The normalized spacial score (nSPS) is 29.0. The molecule has 0 spiro atoms. The van der Waals surface area contributed by atoms with Gasteiger partial charge in [-0.3, -0.25) is 39.1 Å². The largest absolute Gasteiger partial charge is 0.460 e. The molecule has 0 amide bonds. The van der Waals surface area contributed by atoms with Crippen molar-refractivity contribution in [2.75, 3.05) is 31.9 Å². The van der Waals surface area contributed by atoms with E-state index in [9.17, 15) is 44.8 Å². The number of halogens is 7. The Bertz CT molecular complexity index is 5520. The van der Waals surface area contributed by atoms with E-state index in [0.29, 0.717) is 88.5 Å². The molecule has 0 bridgehead atoms. The molecule has 8 aliphatic rings. The summed E-state index contributed by atoms with van der Waals surface area (Å²) in [5.41, 5.74) is 0.483. The smallest absolute Gasteiger partial charge is 0.312 e. The number of rotatable bonds is 20. The average molecular weight is 2170 g/mol. The molecule has 134 heavy (non-hydrogen) atoms. The molecule has 25 nitrogen and oxygen atoms in total. The molecule has 0 saturated carbocycles. The number of esters is 4. The van der Waals surface area contributed by atoms with Crippen LogP contribution in [0.3, 0.4) is 0 Å². The van der Waals surface area contributed by atoms with Gasteiger partial charge >= 0.3 is 23.9 Å². The Hall–Kier alpha value is -5.65. The predicted octanol–water partition coefficient (Wildman–Crippen LogP) is 21.4. The van der Waals surface area contributed by atoms with Crippen molar-refractivity contribution in [1.82, 2.24) is 19.9 Å². The van der Waals surface area contributed by atoms with Gasteiger partial charge in [-0.2, -0.15) is 0 Å². The van der Waals surface area contributed by atoms with Crippen LogP contribution < -0.4 is 16.1 Å². The van der Waals surface area contributed by atoms with Gasteiger partial charge in [-0.1, -0.05) is 77.8 Å². The molecule has 0 aromatic carbocycles. The van der Waals surface area contributed by atoms with Crippen LogP contribution in [0.25, 0.3) is 0 Å². The summed E-state index contributed by atoms with van der Waals surface area (Å²) >= 11 is 10.4. The van der Waals surface area contributed by atoms with E-state index in [-0.39, 0.29) is 65.9 Å². The summed E-state index contributed by atoms with van der Waals surface area (Å²) in [4.78, 5) is 89.0. The summed E-state index contributed by atoms with van der Waals surface area (Å²) in [6.45, 7) is 58.0. The third kappa shape index (κ3) is 21.7. The lowest BCUT2D eigenvalue weighted by Crippen LogP contribution is -2.59. The molecule has 4 aromatic rings. The maximum Gasteiger partial charge on any atom is 0.312 e. The van der Waals surface area contributed by atoms with Crippen molar-refractivity contribution in [3.8, 4) is 0 Å². The van der Waals surface area contributed by atoms with E-state index in [0.717, 1.165) is 72.3 Å². The number of nitrogens with zero attached hydrogens (tertiary/aromatic N) is 12. The lowest BCUT2D eigenvalue weighted by atomic mass is 9.87. The second-order valence-corrected chi connectivity index (χ2v) is 68.0. The Balaban J connectivity index is 0.000000202. The van der Waals surface area contributed by atoms with Crippen molar-refractivity contribution in [2.24, 2.45) is 37.4 Å². The molecule has 2 N–H and O–H groups in total. The van der Waals surface area contributed by atoms with Gasteiger partial charge in [0.05, 0.1) is 121 Å². The molecule has 0 saturated heterocycles. The van der Waals surface area contributed by atoms with E-state index in [1.54, 1.807) is 69.2 Å². The van der Waals surface area contributed by atoms with Gasteiger partial charge in [0.1, 0.15) is 110 Å². The highest BCUT2D eigenvalue weighted by Gasteiger charge is 2.63. The Morgan fingerprint density at radius 3 is 0.836 bits per heavy atom. The van der Waals surface area contributed by atoms with E-state index in [2.05, 4.69) is 118 Å². The quantitative estimate of drug-likeness (QED) is 0.0282. The van der Waals surface area contributed by atoms with E-state index in [1.807, 2.05) is 109 Å².